The van der Waals surface area contributed by atoms with Crippen molar-refractivity contribution in [2.24, 2.45) is 5.73 Å². The van der Waals surface area contributed by atoms with E-state index in [1.54, 1.807) is 0 Å². The van der Waals surface area contributed by atoms with Gasteiger partial charge in [0.05, 0.1) is 11.9 Å². The van der Waals surface area contributed by atoms with Gasteiger partial charge in [0.2, 0.25) is 10.0 Å². The summed E-state index contributed by atoms with van der Waals surface area (Å²) >= 11 is 0. The van der Waals surface area contributed by atoms with Crippen LogP contribution in [0.2, 0.25) is 0 Å². The summed E-state index contributed by atoms with van der Waals surface area (Å²) in [7, 11) is -1.69. The van der Waals surface area contributed by atoms with Crippen LogP contribution >= 0.6 is 0 Å². The van der Waals surface area contributed by atoms with Crippen molar-refractivity contribution in [1.82, 2.24) is 0 Å². The van der Waals surface area contributed by atoms with Crippen LogP contribution in [0, 0.1) is 6.92 Å². The molecule has 0 saturated heterocycles. The van der Waals surface area contributed by atoms with Crippen LogP contribution in [0.15, 0.2) is 18.2 Å². The number of hydrogen-bond donors (Lipinski definition) is 1. The number of hydrogen-bond acceptors (Lipinski definition) is 3. The van der Waals surface area contributed by atoms with E-state index >= 15 is 0 Å². The number of rotatable bonds is 3. The lowest BCUT2D eigenvalue weighted by Gasteiger charge is -2.21. The van der Waals surface area contributed by atoms with Gasteiger partial charge in [-0.15, -0.1) is 0 Å². The Balaban J connectivity index is 3.36. The largest absolute Gasteiger partial charge is 0.326 e. The Morgan fingerprint density at radius 3 is 2.47 bits per heavy atom. The van der Waals surface area contributed by atoms with Gasteiger partial charge < -0.3 is 5.73 Å². The fourth-order valence-electron chi connectivity index (χ4n) is 1.50. The van der Waals surface area contributed by atoms with Crippen LogP contribution in [0.25, 0.3) is 0 Å². The second-order valence-corrected chi connectivity index (χ2v) is 5.53. The number of para-hydroxylation sites is 1. The molecule has 84 valence electrons. The first-order valence-corrected chi connectivity index (χ1v) is 6.45. The molecule has 0 amide bonds. The van der Waals surface area contributed by atoms with Gasteiger partial charge in [-0.1, -0.05) is 18.2 Å². The van der Waals surface area contributed by atoms with Crippen LogP contribution in [-0.2, 0) is 16.6 Å². The smallest absolute Gasteiger partial charge is 0.232 e. The summed E-state index contributed by atoms with van der Waals surface area (Å²) in [6.45, 7) is 2.20. The molecular formula is C10H16N2O2S. The standard InChI is InChI=1S/C10H16N2O2S/c1-8-5-4-6-9(7-11)10(8)12(2)15(3,13)14/h4-6H,7,11H2,1-3H3. The minimum absolute atomic E-state index is 0.330. The molecule has 0 fully saturated rings. The first-order chi connectivity index (χ1) is 6.88. The van der Waals surface area contributed by atoms with Crippen LogP contribution in [-0.4, -0.2) is 21.7 Å². The van der Waals surface area contributed by atoms with E-state index < -0.39 is 10.0 Å². The third-order valence-electron chi connectivity index (χ3n) is 2.35. The molecule has 0 unspecified atom stereocenters. The number of anilines is 1. The topological polar surface area (TPSA) is 63.4 Å². The monoisotopic (exact) mass is 228 g/mol. The maximum Gasteiger partial charge on any atom is 0.232 e. The number of nitrogens with two attached hydrogens (primary N) is 1. The summed E-state index contributed by atoms with van der Waals surface area (Å²) < 4.78 is 24.1. The highest BCUT2D eigenvalue weighted by molar-refractivity contribution is 7.92. The quantitative estimate of drug-likeness (QED) is 0.834. The zero-order chi connectivity index (χ0) is 11.6. The molecule has 1 aromatic rings. The maximum absolute atomic E-state index is 11.4. The van der Waals surface area contributed by atoms with E-state index in [-0.39, 0.29) is 0 Å². The zero-order valence-electron chi connectivity index (χ0n) is 9.19. The molecule has 0 saturated carbocycles. The van der Waals surface area contributed by atoms with Gasteiger partial charge in [0, 0.05) is 13.6 Å². The van der Waals surface area contributed by atoms with E-state index in [4.69, 9.17) is 5.73 Å². The first-order valence-electron chi connectivity index (χ1n) is 4.60. The van der Waals surface area contributed by atoms with Gasteiger partial charge in [-0.3, -0.25) is 4.31 Å². The van der Waals surface area contributed by atoms with Crippen LogP contribution in [0.5, 0.6) is 0 Å². The maximum atomic E-state index is 11.4. The summed E-state index contributed by atoms with van der Waals surface area (Å²) in [6, 6.07) is 5.58. The lowest BCUT2D eigenvalue weighted by atomic mass is 10.1. The Morgan fingerprint density at radius 2 is 2.00 bits per heavy atom. The van der Waals surface area contributed by atoms with E-state index in [0.717, 1.165) is 11.1 Å². The average Bonchev–Trinajstić information content (AvgIpc) is 2.15. The lowest BCUT2D eigenvalue weighted by Crippen LogP contribution is -2.27. The number of nitrogens with zero attached hydrogens (tertiary/aromatic N) is 1. The molecule has 0 bridgehead atoms. The number of sulfonamides is 1. The molecule has 0 atom stereocenters. The summed E-state index contributed by atoms with van der Waals surface area (Å²) in [4.78, 5) is 0. The summed E-state index contributed by atoms with van der Waals surface area (Å²) in [5.74, 6) is 0. The molecule has 4 nitrogen and oxygen atoms in total. The number of aryl methyl sites for hydroxylation is 1. The van der Waals surface area contributed by atoms with E-state index in [9.17, 15) is 8.42 Å². The van der Waals surface area contributed by atoms with Gasteiger partial charge >= 0.3 is 0 Å². The molecule has 0 radical (unpaired) electrons. The van der Waals surface area contributed by atoms with E-state index in [0.29, 0.717) is 12.2 Å². The Bertz CT molecular complexity index is 454. The van der Waals surface area contributed by atoms with Crippen LogP contribution in [0.4, 0.5) is 5.69 Å². The molecule has 0 aromatic heterocycles. The fourth-order valence-corrected chi connectivity index (χ4v) is 2.09. The van der Waals surface area contributed by atoms with Gasteiger partial charge in [-0.25, -0.2) is 8.42 Å². The third kappa shape index (κ3) is 2.49. The van der Waals surface area contributed by atoms with Gasteiger partial charge in [-0.2, -0.15) is 0 Å². The van der Waals surface area contributed by atoms with Crippen molar-refractivity contribution in [3.05, 3.63) is 29.3 Å². The van der Waals surface area contributed by atoms with Crippen molar-refractivity contribution in [3.63, 3.8) is 0 Å². The Kier molecular flexibility index (Phi) is 3.36. The van der Waals surface area contributed by atoms with Crippen molar-refractivity contribution in [2.75, 3.05) is 17.6 Å². The van der Waals surface area contributed by atoms with Gasteiger partial charge in [-0.05, 0) is 18.1 Å². The fraction of sp³-hybridized carbons (Fsp3) is 0.400. The molecule has 1 aromatic carbocycles. The Labute approximate surface area is 90.8 Å². The zero-order valence-corrected chi connectivity index (χ0v) is 10.0. The molecule has 0 aliphatic heterocycles. The molecular weight excluding hydrogens is 212 g/mol. The second kappa shape index (κ2) is 4.20. The molecule has 0 spiro atoms. The molecule has 2 N–H and O–H groups in total. The van der Waals surface area contributed by atoms with Crippen LogP contribution in [0.1, 0.15) is 11.1 Å². The highest BCUT2D eigenvalue weighted by atomic mass is 32.2. The van der Waals surface area contributed by atoms with Crippen molar-refractivity contribution in [3.8, 4) is 0 Å². The van der Waals surface area contributed by atoms with Crippen LogP contribution < -0.4 is 10.0 Å². The molecule has 0 aliphatic rings. The molecule has 5 heteroatoms. The molecule has 0 heterocycles. The second-order valence-electron chi connectivity index (χ2n) is 3.52. The van der Waals surface area contributed by atoms with E-state index in [1.165, 1.54) is 17.6 Å². The predicted octanol–water partition coefficient (Wildman–Crippen LogP) is 0.850. The van der Waals surface area contributed by atoms with Crippen molar-refractivity contribution < 1.29 is 8.42 Å². The summed E-state index contributed by atoms with van der Waals surface area (Å²) in [6.07, 6.45) is 1.18. The summed E-state index contributed by atoms with van der Waals surface area (Å²) in [5, 5.41) is 0. The van der Waals surface area contributed by atoms with Gasteiger partial charge in [0.15, 0.2) is 0 Å². The predicted molar refractivity (Wildman–Crippen MR) is 62.3 cm³/mol. The van der Waals surface area contributed by atoms with E-state index in [1.807, 2.05) is 25.1 Å². The first kappa shape index (κ1) is 12.0. The normalized spacial score (nSPS) is 11.5. The SMILES string of the molecule is Cc1cccc(CN)c1N(C)S(C)(=O)=O. The third-order valence-corrected chi connectivity index (χ3v) is 3.53. The van der Waals surface area contributed by atoms with E-state index in [2.05, 4.69) is 0 Å². The highest BCUT2D eigenvalue weighted by Gasteiger charge is 2.16. The van der Waals surface area contributed by atoms with Crippen molar-refractivity contribution in [2.45, 2.75) is 13.5 Å². The highest BCUT2D eigenvalue weighted by Crippen LogP contribution is 2.25. The van der Waals surface area contributed by atoms with Crippen molar-refractivity contribution >= 4 is 15.7 Å². The van der Waals surface area contributed by atoms with Crippen molar-refractivity contribution in [1.29, 1.82) is 0 Å². The van der Waals surface area contributed by atoms with Crippen LogP contribution in [0.3, 0.4) is 0 Å². The molecule has 0 aliphatic carbocycles. The summed E-state index contributed by atoms with van der Waals surface area (Å²) in [5.41, 5.74) is 8.01. The molecule has 15 heavy (non-hydrogen) atoms. The average molecular weight is 228 g/mol. The minimum Gasteiger partial charge on any atom is -0.326 e. The minimum atomic E-state index is -3.23. The van der Waals surface area contributed by atoms with Gasteiger partial charge in [0.1, 0.15) is 0 Å². The Morgan fingerprint density at radius 1 is 1.40 bits per heavy atom. The van der Waals surface area contributed by atoms with Gasteiger partial charge in [0.25, 0.3) is 0 Å². The Hall–Kier alpha value is -1.07. The molecule has 1 rings (SSSR count). The lowest BCUT2D eigenvalue weighted by molar-refractivity contribution is 0.600. The number of benzene rings is 1.